The number of nitrogens with zero attached hydrogens (tertiary/aromatic N) is 5. The second-order valence-electron chi connectivity index (χ2n) is 6.95. The van der Waals surface area contributed by atoms with Gasteiger partial charge in [0, 0.05) is 31.7 Å². The highest BCUT2D eigenvalue weighted by atomic mass is 16.7. The largest absolute Gasteiger partial charge is 0.444 e. The van der Waals surface area contributed by atoms with E-state index >= 15 is 0 Å². The average molecular weight is 407 g/mol. The maximum atomic E-state index is 12.5. The molecule has 29 heavy (non-hydrogen) atoms. The first-order valence-electron chi connectivity index (χ1n) is 9.09. The van der Waals surface area contributed by atoms with Gasteiger partial charge in [0.05, 0.1) is 23.6 Å². The lowest BCUT2D eigenvalue weighted by Crippen LogP contribution is -2.41. The van der Waals surface area contributed by atoms with Crippen molar-refractivity contribution < 1.29 is 24.2 Å². The monoisotopic (exact) mass is 407 g/mol. The third-order valence-electron chi connectivity index (χ3n) is 5.02. The van der Waals surface area contributed by atoms with Crippen molar-refractivity contribution >= 4 is 17.7 Å². The lowest BCUT2D eigenvalue weighted by atomic mass is 9.98. The van der Waals surface area contributed by atoms with Crippen LogP contribution >= 0.6 is 0 Å². The van der Waals surface area contributed by atoms with Gasteiger partial charge < -0.3 is 14.4 Å². The summed E-state index contributed by atoms with van der Waals surface area (Å²) < 4.78 is 10.6. The summed E-state index contributed by atoms with van der Waals surface area (Å²) >= 11 is 0. The average Bonchev–Trinajstić information content (AvgIpc) is 3.26. The Labute approximate surface area is 166 Å². The molecular weight excluding hydrogens is 386 g/mol. The highest BCUT2D eigenvalue weighted by Gasteiger charge is 2.38. The molecule has 0 aromatic heterocycles. The maximum Gasteiger partial charge on any atom is 0.417 e. The van der Waals surface area contributed by atoms with E-state index < -0.39 is 16.0 Å². The summed E-state index contributed by atoms with van der Waals surface area (Å²) in [4.78, 5) is 36.8. The molecule has 0 aliphatic carbocycles. The summed E-state index contributed by atoms with van der Waals surface area (Å²) in [5.41, 5.74) is 0.0596. The molecule has 2 unspecified atom stereocenters. The number of hydrazone groups is 1. The number of hydrogen-bond donors (Lipinski definition) is 0. The van der Waals surface area contributed by atoms with Crippen LogP contribution in [0.5, 0.6) is 0 Å². The van der Waals surface area contributed by atoms with Gasteiger partial charge in [-0.2, -0.15) is 0 Å². The standard InChI is InChI=1S/C17H21N5O7/c1-12-9-28-10-14(12)8-19-6-7-20(16(19)18-22(26)27)17(23)29-11-13-4-2-3-5-15(13)21(24)25/h2-5,12,14H,6-11H2,1H3. The molecule has 2 heterocycles. The number of benzene rings is 1. The zero-order valence-electron chi connectivity index (χ0n) is 15.8. The minimum absolute atomic E-state index is 0.0957. The quantitative estimate of drug-likeness (QED) is 0.512. The van der Waals surface area contributed by atoms with Crippen molar-refractivity contribution in [1.29, 1.82) is 0 Å². The number of carbonyl (C=O) groups is 1. The van der Waals surface area contributed by atoms with E-state index in [0.29, 0.717) is 32.2 Å². The fourth-order valence-electron chi connectivity index (χ4n) is 3.38. The molecule has 2 fully saturated rings. The number of guanidine groups is 1. The van der Waals surface area contributed by atoms with E-state index in [1.807, 2.05) is 6.92 Å². The van der Waals surface area contributed by atoms with Gasteiger partial charge in [0.1, 0.15) is 11.7 Å². The van der Waals surface area contributed by atoms with Gasteiger partial charge in [-0.05, 0) is 12.0 Å². The van der Waals surface area contributed by atoms with Crippen LogP contribution in [0.25, 0.3) is 0 Å². The Morgan fingerprint density at radius 2 is 2.03 bits per heavy atom. The minimum atomic E-state index is -0.857. The van der Waals surface area contributed by atoms with E-state index in [2.05, 4.69) is 5.10 Å². The number of nitro groups is 2. The van der Waals surface area contributed by atoms with Crippen molar-refractivity contribution in [2.24, 2.45) is 16.9 Å². The van der Waals surface area contributed by atoms with Crippen LogP contribution in [0.3, 0.4) is 0 Å². The summed E-state index contributed by atoms with van der Waals surface area (Å²) in [5.74, 6) is 0.378. The van der Waals surface area contributed by atoms with Gasteiger partial charge in [0.15, 0.2) is 5.03 Å². The molecule has 3 rings (SSSR count). The molecule has 0 bridgehead atoms. The predicted octanol–water partition coefficient (Wildman–Crippen LogP) is 1.68. The zero-order valence-corrected chi connectivity index (χ0v) is 15.8. The number of nitro benzene ring substituents is 1. The summed E-state index contributed by atoms with van der Waals surface area (Å²) in [6.45, 7) is 3.90. The summed E-state index contributed by atoms with van der Waals surface area (Å²) in [6.07, 6.45) is -0.845. The summed E-state index contributed by atoms with van der Waals surface area (Å²) in [7, 11) is 0. The number of carbonyl (C=O) groups excluding carboxylic acids is 1. The Kier molecular flexibility index (Phi) is 6.22. The molecule has 12 heteroatoms. The molecule has 1 aromatic carbocycles. The van der Waals surface area contributed by atoms with Crippen molar-refractivity contribution in [2.45, 2.75) is 13.5 Å². The first-order valence-corrected chi connectivity index (χ1v) is 9.09. The molecule has 12 nitrogen and oxygen atoms in total. The molecule has 0 radical (unpaired) electrons. The van der Waals surface area contributed by atoms with Crippen LogP contribution < -0.4 is 0 Å². The number of amides is 1. The van der Waals surface area contributed by atoms with E-state index in [0.717, 1.165) is 4.90 Å². The van der Waals surface area contributed by atoms with E-state index in [9.17, 15) is 25.0 Å². The summed E-state index contributed by atoms with van der Waals surface area (Å²) in [6, 6.07) is 5.90. The topological polar surface area (TPSA) is 141 Å². The Balaban J connectivity index is 1.69. The molecule has 0 N–H and O–H groups in total. The van der Waals surface area contributed by atoms with Gasteiger partial charge in [-0.3, -0.25) is 10.1 Å². The predicted molar refractivity (Wildman–Crippen MR) is 99.5 cm³/mol. The highest BCUT2D eigenvalue weighted by Crippen LogP contribution is 2.24. The molecule has 1 aromatic rings. The normalized spacial score (nSPS) is 22.9. The Morgan fingerprint density at radius 3 is 2.69 bits per heavy atom. The van der Waals surface area contributed by atoms with Crippen LogP contribution in [-0.2, 0) is 16.1 Å². The van der Waals surface area contributed by atoms with Crippen molar-refractivity contribution in [3.63, 3.8) is 0 Å². The molecule has 2 saturated heterocycles. The van der Waals surface area contributed by atoms with Gasteiger partial charge in [0.2, 0.25) is 0 Å². The number of para-hydroxylation sites is 1. The molecule has 156 valence electrons. The second kappa shape index (κ2) is 8.82. The van der Waals surface area contributed by atoms with Gasteiger partial charge in [0.25, 0.3) is 11.6 Å². The van der Waals surface area contributed by atoms with Crippen LogP contribution in [0.1, 0.15) is 12.5 Å². The van der Waals surface area contributed by atoms with Crippen molar-refractivity contribution in [2.75, 3.05) is 32.8 Å². The van der Waals surface area contributed by atoms with Crippen molar-refractivity contribution in [3.05, 3.63) is 50.1 Å². The van der Waals surface area contributed by atoms with Gasteiger partial charge in [-0.25, -0.2) is 19.8 Å². The molecule has 2 atom stereocenters. The number of hydrogen-bond acceptors (Lipinski definition) is 7. The maximum absolute atomic E-state index is 12.5. The number of rotatable bonds is 6. The van der Waals surface area contributed by atoms with Gasteiger partial charge >= 0.3 is 6.09 Å². The SMILES string of the molecule is CC1COCC1CN1CCN(C(=O)OCc2ccccc2[N+](=O)[O-])C1=N[N+](=O)[O-]. The van der Waals surface area contributed by atoms with E-state index in [-0.39, 0.29) is 36.3 Å². The second-order valence-corrected chi connectivity index (χ2v) is 6.95. The molecule has 2 aliphatic rings. The Hall–Kier alpha value is -3.28. The Morgan fingerprint density at radius 1 is 1.28 bits per heavy atom. The smallest absolute Gasteiger partial charge is 0.417 e. The minimum Gasteiger partial charge on any atom is -0.444 e. The first kappa shape index (κ1) is 20.5. The van der Waals surface area contributed by atoms with Gasteiger partial charge in [-0.1, -0.05) is 19.1 Å². The van der Waals surface area contributed by atoms with Crippen LogP contribution in [-0.4, -0.2) is 64.7 Å². The highest BCUT2D eigenvalue weighted by molar-refractivity contribution is 5.95. The molecular formula is C17H21N5O7. The van der Waals surface area contributed by atoms with Crippen molar-refractivity contribution in [1.82, 2.24) is 9.80 Å². The summed E-state index contributed by atoms with van der Waals surface area (Å²) in [5, 5.41) is 24.6. The van der Waals surface area contributed by atoms with E-state index in [1.165, 1.54) is 18.2 Å². The van der Waals surface area contributed by atoms with Crippen LogP contribution in [0.15, 0.2) is 29.4 Å². The molecule has 0 spiro atoms. The number of ether oxygens (including phenoxy) is 2. The third kappa shape index (κ3) is 4.77. The third-order valence-corrected chi connectivity index (χ3v) is 5.02. The van der Waals surface area contributed by atoms with E-state index in [1.54, 1.807) is 11.0 Å². The molecule has 2 aliphatic heterocycles. The fourth-order valence-corrected chi connectivity index (χ4v) is 3.38. The van der Waals surface area contributed by atoms with E-state index in [4.69, 9.17) is 9.47 Å². The van der Waals surface area contributed by atoms with Crippen LogP contribution in [0, 0.1) is 32.1 Å². The molecule has 0 saturated carbocycles. The zero-order chi connectivity index (χ0) is 21.0. The van der Waals surface area contributed by atoms with Crippen molar-refractivity contribution in [3.8, 4) is 0 Å². The van der Waals surface area contributed by atoms with Crippen LogP contribution in [0.4, 0.5) is 10.5 Å². The fraction of sp³-hybridized carbons (Fsp3) is 0.529. The lowest BCUT2D eigenvalue weighted by molar-refractivity contribution is -0.486. The van der Waals surface area contributed by atoms with Crippen LogP contribution in [0.2, 0.25) is 0 Å². The van der Waals surface area contributed by atoms with Gasteiger partial charge in [-0.15, -0.1) is 0 Å². The lowest BCUT2D eigenvalue weighted by Gasteiger charge is -2.23. The molecule has 1 amide bonds. The Bertz CT molecular complexity index is 830. The first-order chi connectivity index (χ1) is 13.9.